The summed E-state index contributed by atoms with van der Waals surface area (Å²) in [7, 11) is 0. The first-order valence-electron chi connectivity index (χ1n) is 7.43. The third-order valence-electron chi connectivity index (χ3n) is 3.63. The zero-order valence-corrected chi connectivity index (χ0v) is 12.9. The van der Waals surface area contributed by atoms with E-state index in [2.05, 4.69) is 10.3 Å². The van der Waals surface area contributed by atoms with Crippen LogP contribution in [0.4, 0.5) is 4.79 Å². The number of carbonyl (C=O) groups excluding carboxylic acids is 2. The van der Waals surface area contributed by atoms with Gasteiger partial charge in [-0.1, -0.05) is 13.8 Å². The molecule has 4 N–H and O–H groups in total. The van der Waals surface area contributed by atoms with Gasteiger partial charge in [0.25, 0.3) is 5.91 Å². The van der Waals surface area contributed by atoms with Crippen LogP contribution in [-0.2, 0) is 6.42 Å². The maximum absolute atomic E-state index is 12.3. The average molecular weight is 306 g/mol. The molecule has 120 valence electrons. The molecule has 0 spiro atoms. The summed E-state index contributed by atoms with van der Waals surface area (Å²) in [4.78, 5) is 39.3. The molecule has 3 amide bonds. The molecule has 1 fully saturated rings. The molecule has 1 aromatic heterocycles. The Balaban J connectivity index is 2.05. The standard InChI is InChI=1S/C15H22N4O3/c1-9(2)5-12-6-10(7-13(20)17-12)14(21)18-11-3-4-19(8-11)15(16)22/h6-7,9,11H,3-5,8H2,1-2H3,(H2,16,22)(H,17,20)(H,18,21). The molecule has 0 saturated carbocycles. The average Bonchev–Trinajstić information content (AvgIpc) is 2.85. The van der Waals surface area contributed by atoms with E-state index >= 15 is 0 Å². The number of nitrogens with two attached hydrogens (primary N) is 1. The molecule has 0 aromatic carbocycles. The first-order chi connectivity index (χ1) is 10.3. The van der Waals surface area contributed by atoms with Crippen molar-refractivity contribution in [1.29, 1.82) is 0 Å². The number of H-pyrrole nitrogens is 1. The summed E-state index contributed by atoms with van der Waals surface area (Å²) in [5.41, 5.74) is 6.03. The normalized spacial score (nSPS) is 17.8. The summed E-state index contributed by atoms with van der Waals surface area (Å²) in [6.45, 7) is 5.03. The van der Waals surface area contributed by atoms with Gasteiger partial charge in [0.1, 0.15) is 0 Å². The van der Waals surface area contributed by atoms with Gasteiger partial charge in [0, 0.05) is 36.5 Å². The molecule has 0 aliphatic carbocycles. The highest BCUT2D eigenvalue weighted by molar-refractivity contribution is 5.94. The van der Waals surface area contributed by atoms with Crippen molar-refractivity contribution in [2.75, 3.05) is 13.1 Å². The van der Waals surface area contributed by atoms with E-state index in [1.807, 2.05) is 13.8 Å². The van der Waals surface area contributed by atoms with Gasteiger partial charge in [0.2, 0.25) is 5.56 Å². The van der Waals surface area contributed by atoms with Gasteiger partial charge in [0.05, 0.1) is 0 Å². The minimum absolute atomic E-state index is 0.132. The Labute approximate surface area is 128 Å². The predicted octanol–water partition coefficient (Wildman–Crippen LogP) is 0.456. The van der Waals surface area contributed by atoms with Crippen LogP contribution in [0.5, 0.6) is 0 Å². The molecule has 0 bridgehead atoms. The van der Waals surface area contributed by atoms with Gasteiger partial charge in [-0.05, 0) is 24.8 Å². The number of carbonyl (C=O) groups is 2. The maximum Gasteiger partial charge on any atom is 0.314 e. The number of nitrogens with one attached hydrogen (secondary N) is 2. The zero-order chi connectivity index (χ0) is 16.3. The molecule has 1 aromatic rings. The number of nitrogens with zero attached hydrogens (tertiary/aromatic N) is 1. The molecule has 7 heteroatoms. The smallest absolute Gasteiger partial charge is 0.314 e. The molecular formula is C15H22N4O3. The van der Waals surface area contributed by atoms with Crippen LogP contribution in [0.15, 0.2) is 16.9 Å². The Morgan fingerprint density at radius 1 is 1.45 bits per heavy atom. The monoisotopic (exact) mass is 306 g/mol. The van der Waals surface area contributed by atoms with Crippen LogP contribution in [0.3, 0.4) is 0 Å². The Kier molecular flexibility index (Phi) is 4.85. The number of amides is 3. The van der Waals surface area contributed by atoms with Gasteiger partial charge in [0.15, 0.2) is 0 Å². The van der Waals surface area contributed by atoms with Crippen molar-refractivity contribution in [2.45, 2.75) is 32.7 Å². The number of rotatable bonds is 4. The molecular weight excluding hydrogens is 284 g/mol. The van der Waals surface area contributed by atoms with E-state index in [9.17, 15) is 14.4 Å². The van der Waals surface area contributed by atoms with Crippen LogP contribution < -0.4 is 16.6 Å². The largest absolute Gasteiger partial charge is 0.351 e. The van der Waals surface area contributed by atoms with E-state index in [0.29, 0.717) is 37.4 Å². The molecule has 1 atom stereocenters. The van der Waals surface area contributed by atoms with Gasteiger partial charge >= 0.3 is 6.03 Å². The van der Waals surface area contributed by atoms with Crippen molar-refractivity contribution in [1.82, 2.24) is 15.2 Å². The Morgan fingerprint density at radius 2 is 2.18 bits per heavy atom. The third kappa shape index (κ3) is 4.09. The topological polar surface area (TPSA) is 108 Å². The Bertz CT molecular complexity index is 623. The van der Waals surface area contributed by atoms with Gasteiger partial charge in [-0.25, -0.2) is 4.79 Å². The number of pyridine rings is 1. The summed E-state index contributed by atoms with van der Waals surface area (Å²) >= 11 is 0. The van der Waals surface area contributed by atoms with Gasteiger partial charge in [-0.3, -0.25) is 9.59 Å². The van der Waals surface area contributed by atoms with Crippen LogP contribution >= 0.6 is 0 Å². The number of aromatic nitrogens is 1. The van der Waals surface area contributed by atoms with Crippen LogP contribution in [-0.4, -0.2) is 41.0 Å². The number of likely N-dealkylation sites (tertiary alicyclic amines) is 1. The third-order valence-corrected chi connectivity index (χ3v) is 3.63. The predicted molar refractivity (Wildman–Crippen MR) is 82.6 cm³/mol. The van der Waals surface area contributed by atoms with Crippen LogP contribution in [0.2, 0.25) is 0 Å². The van der Waals surface area contributed by atoms with E-state index in [1.165, 1.54) is 11.0 Å². The molecule has 2 heterocycles. The van der Waals surface area contributed by atoms with E-state index in [4.69, 9.17) is 5.73 Å². The molecule has 1 aliphatic rings. The SMILES string of the molecule is CC(C)Cc1cc(C(=O)NC2CCN(C(N)=O)C2)cc(=O)[nH]1. The van der Waals surface area contributed by atoms with E-state index in [1.54, 1.807) is 6.07 Å². The fraction of sp³-hybridized carbons (Fsp3) is 0.533. The van der Waals surface area contributed by atoms with Crippen molar-refractivity contribution >= 4 is 11.9 Å². The first kappa shape index (κ1) is 16.1. The van der Waals surface area contributed by atoms with Crippen molar-refractivity contribution in [3.63, 3.8) is 0 Å². The number of hydrogen-bond donors (Lipinski definition) is 3. The highest BCUT2D eigenvalue weighted by Crippen LogP contribution is 2.10. The maximum atomic E-state index is 12.3. The fourth-order valence-electron chi connectivity index (χ4n) is 2.63. The lowest BCUT2D eigenvalue weighted by atomic mass is 10.1. The lowest BCUT2D eigenvalue weighted by Gasteiger charge is -2.15. The highest BCUT2D eigenvalue weighted by Gasteiger charge is 2.26. The second-order valence-corrected chi connectivity index (χ2v) is 6.10. The highest BCUT2D eigenvalue weighted by atomic mass is 16.2. The molecule has 0 radical (unpaired) electrons. The van der Waals surface area contributed by atoms with Crippen molar-refractivity contribution in [3.05, 3.63) is 33.7 Å². The molecule has 2 rings (SSSR count). The number of primary amides is 1. The minimum atomic E-state index is -0.480. The number of aromatic amines is 1. The Hall–Kier alpha value is -2.31. The van der Waals surface area contributed by atoms with Crippen molar-refractivity contribution in [3.8, 4) is 0 Å². The van der Waals surface area contributed by atoms with Crippen LogP contribution in [0.25, 0.3) is 0 Å². The second-order valence-electron chi connectivity index (χ2n) is 6.10. The molecule has 7 nitrogen and oxygen atoms in total. The quantitative estimate of drug-likeness (QED) is 0.751. The zero-order valence-electron chi connectivity index (χ0n) is 12.9. The van der Waals surface area contributed by atoms with Gasteiger partial charge < -0.3 is 20.9 Å². The summed E-state index contributed by atoms with van der Waals surface area (Å²) in [5.74, 6) is 0.0837. The second kappa shape index (κ2) is 6.64. The van der Waals surface area contributed by atoms with E-state index < -0.39 is 6.03 Å². The van der Waals surface area contributed by atoms with Crippen LogP contribution in [0, 0.1) is 5.92 Å². The number of hydrogen-bond acceptors (Lipinski definition) is 3. The van der Waals surface area contributed by atoms with Gasteiger partial charge in [-0.2, -0.15) is 0 Å². The van der Waals surface area contributed by atoms with E-state index in [0.717, 1.165) is 5.69 Å². The fourth-order valence-corrected chi connectivity index (χ4v) is 2.63. The molecule has 1 saturated heterocycles. The lowest BCUT2D eigenvalue weighted by molar-refractivity contribution is 0.0937. The van der Waals surface area contributed by atoms with E-state index in [-0.39, 0.29) is 17.5 Å². The Morgan fingerprint density at radius 3 is 2.77 bits per heavy atom. The minimum Gasteiger partial charge on any atom is -0.351 e. The number of urea groups is 1. The van der Waals surface area contributed by atoms with Crippen molar-refractivity contribution in [2.24, 2.45) is 11.7 Å². The first-order valence-corrected chi connectivity index (χ1v) is 7.43. The summed E-state index contributed by atoms with van der Waals surface area (Å²) in [6.07, 6.45) is 1.37. The molecule has 1 unspecified atom stereocenters. The lowest BCUT2D eigenvalue weighted by Crippen LogP contribution is -2.40. The van der Waals surface area contributed by atoms with Gasteiger partial charge in [-0.15, -0.1) is 0 Å². The summed E-state index contributed by atoms with van der Waals surface area (Å²) in [5, 5.41) is 2.85. The summed E-state index contributed by atoms with van der Waals surface area (Å²) in [6, 6.07) is 2.39. The molecule has 22 heavy (non-hydrogen) atoms. The van der Waals surface area contributed by atoms with Crippen molar-refractivity contribution < 1.29 is 9.59 Å². The molecule has 1 aliphatic heterocycles. The summed E-state index contributed by atoms with van der Waals surface area (Å²) < 4.78 is 0. The van der Waals surface area contributed by atoms with Crippen LogP contribution in [0.1, 0.15) is 36.3 Å².